The number of hydrogen-bond acceptors (Lipinski definition) is 3. The predicted molar refractivity (Wildman–Crippen MR) is 69.6 cm³/mol. The minimum absolute atomic E-state index is 0.0234. The highest BCUT2D eigenvalue weighted by Gasteiger charge is 2.41. The number of nitrogens with two attached hydrogens (primary N) is 1. The standard InChI is InChI=1S/C14H27NO2/c1-4-5-12(3)17-13(16)14(10-15)8-6-11(2)7-9-14/h11-12H,4-10,15H2,1-3H3. The molecule has 0 aromatic carbocycles. The van der Waals surface area contributed by atoms with Crippen molar-refractivity contribution in [3.8, 4) is 0 Å². The summed E-state index contributed by atoms with van der Waals surface area (Å²) in [5.74, 6) is 0.656. The molecule has 0 heterocycles. The van der Waals surface area contributed by atoms with Crippen LogP contribution in [0.1, 0.15) is 59.3 Å². The van der Waals surface area contributed by atoms with Gasteiger partial charge in [0.2, 0.25) is 0 Å². The van der Waals surface area contributed by atoms with Crippen molar-refractivity contribution in [2.75, 3.05) is 6.54 Å². The number of carbonyl (C=O) groups is 1. The molecule has 0 spiro atoms. The van der Waals surface area contributed by atoms with Crippen molar-refractivity contribution < 1.29 is 9.53 Å². The van der Waals surface area contributed by atoms with Crippen LogP contribution in [-0.4, -0.2) is 18.6 Å². The fourth-order valence-electron chi connectivity index (χ4n) is 2.58. The second-order valence-electron chi connectivity index (χ2n) is 5.67. The number of rotatable bonds is 5. The van der Waals surface area contributed by atoms with Crippen LogP contribution in [0.15, 0.2) is 0 Å². The highest BCUT2D eigenvalue weighted by Crippen LogP contribution is 2.39. The molecule has 0 aromatic rings. The molecule has 1 aliphatic carbocycles. The summed E-state index contributed by atoms with van der Waals surface area (Å²) in [6.07, 6.45) is 5.97. The Bertz CT molecular complexity index is 245. The molecule has 1 fully saturated rings. The van der Waals surface area contributed by atoms with E-state index in [2.05, 4.69) is 13.8 Å². The lowest BCUT2D eigenvalue weighted by Gasteiger charge is -2.36. The van der Waals surface area contributed by atoms with E-state index in [1.54, 1.807) is 0 Å². The SMILES string of the molecule is CCCC(C)OC(=O)C1(CN)CCC(C)CC1. The van der Waals surface area contributed by atoms with Gasteiger partial charge in [0.25, 0.3) is 0 Å². The molecule has 1 unspecified atom stereocenters. The monoisotopic (exact) mass is 241 g/mol. The van der Waals surface area contributed by atoms with Crippen LogP contribution >= 0.6 is 0 Å². The largest absolute Gasteiger partial charge is 0.462 e. The van der Waals surface area contributed by atoms with Gasteiger partial charge >= 0.3 is 5.97 Å². The van der Waals surface area contributed by atoms with Gasteiger partial charge in [0.05, 0.1) is 11.5 Å². The molecule has 0 amide bonds. The van der Waals surface area contributed by atoms with Gasteiger partial charge in [0, 0.05) is 6.54 Å². The zero-order valence-corrected chi connectivity index (χ0v) is 11.5. The Morgan fingerprint density at radius 1 is 1.47 bits per heavy atom. The van der Waals surface area contributed by atoms with Crippen molar-refractivity contribution in [2.24, 2.45) is 17.1 Å². The Balaban J connectivity index is 2.57. The maximum Gasteiger partial charge on any atom is 0.313 e. The molecule has 2 N–H and O–H groups in total. The molecule has 0 radical (unpaired) electrons. The second kappa shape index (κ2) is 6.39. The van der Waals surface area contributed by atoms with E-state index in [0.29, 0.717) is 6.54 Å². The molecule has 0 saturated heterocycles. The van der Waals surface area contributed by atoms with E-state index in [-0.39, 0.29) is 12.1 Å². The molecule has 17 heavy (non-hydrogen) atoms. The Morgan fingerprint density at radius 3 is 2.53 bits per heavy atom. The van der Waals surface area contributed by atoms with E-state index < -0.39 is 5.41 Å². The average Bonchev–Trinajstić information content (AvgIpc) is 2.30. The summed E-state index contributed by atoms with van der Waals surface area (Å²) in [5.41, 5.74) is 5.44. The number of hydrogen-bond donors (Lipinski definition) is 1. The van der Waals surface area contributed by atoms with Crippen molar-refractivity contribution in [1.29, 1.82) is 0 Å². The highest BCUT2D eigenvalue weighted by atomic mass is 16.5. The van der Waals surface area contributed by atoms with E-state index in [9.17, 15) is 4.79 Å². The van der Waals surface area contributed by atoms with Gasteiger partial charge in [0.1, 0.15) is 0 Å². The van der Waals surface area contributed by atoms with Gasteiger partial charge in [-0.2, -0.15) is 0 Å². The van der Waals surface area contributed by atoms with Gasteiger partial charge in [-0.3, -0.25) is 4.79 Å². The average molecular weight is 241 g/mol. The first-order valence-electron chi connectivity index (χ1n) is 6.95. The summed E-state index contributed by atoms with van der Waals surface area (Å²) < 4.78 is 5.54. The van der Waals surface area contributed by atoms with Crippen LogP contribution in [0.25, 0.3) is 0 Å². The second-order valence-corrected chi connectivity index (χ2v) is 5.67. The first kappa shape index (κ1) is 14.5. The summed E-state index contributed by atoms with van der Waals surface area (Å²) in [7, 11) is 0. The van der Waals surface area contributed by atoms with Crippen molar-refractivity contribution in [3.63, 3.8) is 0 Å². The zero-order valence-electron chi connectivity index (χ0n) is 11.5. The zero-order chi connectivity index (χ0) is 12.9. The first-order valence-corrected chi connectivity index (χ1v) is 6.95. The van der Waals surface area contributed by atoms with Crippen LogP contribution in [-0.2, 0) is 9.53 Å². The van der Waals surface area contributed by atoms with Gasteiger partial charge in [-0.15, -0.1) is 0 Å². The van der Waals surface area contributed by atoms with Crippen LogP contribution in [0, 0.1) is 11.3 Å². The highest BCUT2D eigenvalue weighted by molar-refractivity contribution is 5.77. The van der Waals surface area contributed by atoms with Crippen molar-refractivity contribution in [3.05, 3.63) is 0 Å². The number of carbonyl (C=O) groups excluding carboxylic acids is 1. The van der Waals surface area contributed by atoms with Gasteiger partial charge in [-0.05, 0) is 44.9 Å². The molecule has 0 bridgehead atoms. The molecule has 1 rings (SSSR count). The molecule has 1 aliphatic rings. The third kappa shape index (κ3) is 3.70. The van der Waals surface area contributed by atoms with Crippen LogP contribution in [0.5, 0.6) is 0 Å². The van der Waals surface area contributed by atoms with Crippen molar-refractivity contribution >= 4 is 5.97 Å². The molecule has 1 saturated carbocycles. The van der Waals surface area contributed by atoms with E-state index >= 15 is 0 Å². The smallest absolute Gasteiger partial charge is 0.313 e. The molecule has 3 heteroatoms. The molecule has 100 valence electrons. The van der Waals surface area contributed by atoms with E-state index in [1.165, 1.54) is 0 Å². The minimum Gasteiger partial charge on any atom is -0.462 e. The minimum atomic E-state index is -0.394. The van der Waals surface area contributed by atoms with Crippen LogP contribution in [0.2, 0.25) is 0 Å². The molecule has 0 aromatic heterocycles. The molecular weight excluding hydrogens is 214 g/mol. The fraction of sp³-hybridized carbons (Fsp3) is 0.929. The van der Waals surface area contributed by atoms with Crippen LogP contribution in [0.4, 0.5) is 0 Å². The van der Waals surface area contributed by atoms with E-state index in [4.69, 9.17) is 10.5 Å². The molecule has 3 nitrogen and oxygen atoms in total. The Labute approximate surface area is 105 Å². The van der Waals surface area contributed by atoms with E-state index in [0.717, 1.165) is 44.4 Å². The van der Waals surface area contributed by atoms with Crippen molar-refractivity contribution in [1.82, 2.24) is 0 Å². The lowest BCUT2D eigenvalue weighted by molar-refractivity contribution is -0.163. The van der Waals surface area contributed by atoms with Gasteiger partial charge in [0.15, 0.2) is 0 Å². The van der Waals surface area contributed by atoms with Gasteiger partial charge < -0.3 is 10.5 Å². The number of ether oxygens (including phenoxy) is 1. The third-order valence-corrected chi connectivity index (χ3v) is 4.06. The van der Waals surface area contributed by atoms with E-state index in [1.807, 2.05) is 6.92 Å². The normalized spacial score (nSPS) is 30.9. The Kier molecular flexibility index (Phi) is 5.44. The molecule has 1 atom stereocenters. The van der Waals surface area contributed by atoms with Crippen molar-refractivity contribution in [2.45, 2.75) is 65.4 Å². The molecular formula is C14H27NO2. The van der Waals surface area contributed by atoms with Crippen LogP contribution < -0.4 is 5.73 Å². The summed E-state index contributed by atoms with van der Waals surface area (Å²) in [5, 5.41) is 0. The maximum absolute atomic E-state index is 12.2. The van der Waals surface area contributed by atoms with Crippen LogP contribution in [0.3, 0.4) is 0 Å². The summed E-state index contributed by atoms with van der Waals surface area (Å²) in [4.78, 5) is 12.2. The lowest BCUT2D eigenvalue weighted by atomic mass is 9.71. The van der Waals surface area contributed by atoms with Gasteiger partial charge in [-0.25, -0.2) is 0 Å². The predicted octanol–water partition coefficient (Wildman–Crippen LogP) is 2.87. The fourth-order valence-corrected chi connectivity index (χ4v) is 2.58. The Morgan fingerprint density at radius 2 is 2.06 bits per heavy atom. The Hall–Kier alpha value is -0.570. The quantitative estimate of drug-likeness (QED) is 0.753. The topological polar surface area (TPSA) is 52.3 Å². The lowest BCUT2D eigenvalue weighted by Crippen LogP contribution is -2.43. The third-order valence-electron chi connectivity index (χ3n) is 4.06. The van der Waals surface area contributed by atoms with Gasteiger partial charge in [-0.1, -0.05) is 20.3 Å². The molecule has 0 aliphatic heterocycles. The maximum atomic E-state index is 12.2. The summed E-state index contributed by atoms with van der Waals surface area (Å²) >= 11 is 0. The summed E-state index contributed by atoms with van der Waals surface area (Å²) in [6.45, 7) is 6.74. The first-order chi connectivity index (χ1) is 8.04. The number of esters is 1. The summed E-state index contributed by atoms with van der Waals surface area (Å²) in [6, 6.07) is 0.